The van der Waals surface area contributed by atoms with Crippen LogP contribution in [0.4, 0.5) is 0 Å². The van der Waals surface area contributed by atoms with E-state index in [0.717, 1.165) is 13.1 Å². The molecule has 0 heterocycles. The molecule has 0 bridgehead atoms. The van der Waals surface area contributed by atoms with E-state index in [0.29, 0.717) is 0 Å². The van der Waals surface area contributed by atoms with Gasteiger partial charge in [-0.25, -0.2) is 0 Å². The van der Waals surface area contributed by atoms with Gasteiger partial charge in [-0.3, -0.25) is 4.90 Å². The van der Waals surface area contributed by atoms with Gasteiger partial charge in [0, 0.05) is 18.6 Å². The molecule has 0 amide bonds. The Balaban J connectivity index is 2.52. The fourth-order valence-electron chi connectivity index (χ4n) is 2.83. The van der Waals surface area contributed by atoms with Crippen LogP contribution in [0.15, 0.2) is 24.3 Å². The summed E-state index contributed by atoms with van der Waals surface area (Å²) in [5.74, 6) is 0. The van der Waals surface area contributed by atoms with Crippen molar-refractivity contribution in [1.29, 1.82) is 0 Å². The SMILES string of the molecule is CCCCCCCC(C)(CN)N(C)Cc1cccc(C)c1. The number of rotatable bonds is 10. The van der Waals surface area contributed by atoms with Gasteiger partial charge in [-0.2, -0.15) is 0 Å². The number of nitrogens with zero attached hydrogens (tertiary/aromatic N) is 1. The second-order valence-electron chi connectivity index (χ2n) is 6.71. The van der Waals surface area contributed by atoms with Crippen LogP contribution in [0, 0.1) is 6.92 Å². The van der Waals surface area contributed by atoms with E-state index in [1.165, 1.54) is 49.7 Å². The molecule has 0 aliphatic carbocycles. The molecule has 0 aliphatic heterocycles. The van der Waals surface area contributed by atoms with E-state index in [4.69, 9.17) is 5.73 Å². The van der Waals surface area contributed by atoms with Crippen molar-refractivity contribution in [3.8, 4) is 0 Å². The first kappa shape index (κ1) is 18.2. The summed E-state index contributed by atoms with van der Waals surface area (Å²) < 4.78 is 0. The highest BCUT2D eigenvalue weighted by molar-refractivity contribution is 5.22. The van der Waals surface area contributed by atoms with Crippen LogP contribution >= 0.6 is 0 Å². The maximum Gasteiger partial charge on any atom is 0.0304 e. The lowest BCUT2D eigenvalue weighted by atomic mass is 9.91. The Hall–Kier alpha value is -0.860. The van der Waals surface area contributed by atoms with E-state index < -0.39 is 0 Å². The van der Waals surface area contributed by atoms with Crippen molar-refractivity contribution in [3.05, 3.63) is 35.4 Å². The molecule has 0 aromatic heterocycles. The third-order valence-corrected chi connectivity index (χ3v) is 4.68. The van der Waals surface area contributed by atoms with E-state index in [1.54, 1.807) is 0 Å². The number of nitrogens with two attached hydrogens (primary N) is 1. The van der Waals surface area contributed by atoms with E-state index in [1.807, 2.05) is 0 Å². The van der Waals surface area contributed by atoms with E-state index in [-0.39, 0.29) is 5.54 Å². The van der Waals surface area contributed by atoms with E-state index in [9.17, 15) is 0 Å². The lowest BCUT2D eigenvalue weighted by molar-refractivity contribution is 0.122. The average Bonchev–Trinajstić information content (AvgIpc) is 2.46. The summed E-state index contributed by atoms with van der Waals surface area (Å²) in [5, 5.41) is 0. The van der Waals surface area contributed by atoms with Crippen LogP contribution < -0.4 is 5.73 Å². The Morgan fingerprint density at radius 1 is 1.14 bits per heavy atom. The average molecular weight is 290 g/mol. The number of benzene rings is 1. The Kier molecular flexibility index (Phi) is 7.98. The predicted molar refractivity (Wildman–Crippen MR) is 93.5 cm³/mol. The van der Waals surface area contributed by atoms with Gasteiger partial charge < -0.3 is 5.73 Å². The van der Waals surface area contributed by atoms with Gasteiger partial charge >= 0.3 is 0 Å². The van der Waals surface area contributed by atoms with Crippen molar-refractivity contribution in [2.45, 2.75) is 71.4 Å². The van der Waals surface area contributed by atoms with Crippen LogP contribution in [0.25, 0.3) is 0 Å². The number of likely N-dealkylation sites (N-methyl/N-ethyl adjacent to an activating group) is 1. The van der Waals surface area contributed by atoms with Crippen molar-refractivity contribution >= 4 is 0 Å². The Bertz CT molecular complexity index is 402. The van der Waals surface area contributed by atoms with Crippen molar-refractivity contribution < 1.29 is 0 Å². The van der Waals surface area contributed by atoms with Crippen molar-refractivity contribution in [1.82, 2.24) is 4.90 Å². The summed E-state index contributed by atoms with van der Waals surface area (Å²) in [5.41, 5.74) is 8.90. The van der Waals surface area contributed by atoms with Gasteiger partial charge in [-0.15, -0.1) is 0 Å². The minimum absolute atomic E-state index is 0.107. The standard InChI is InChI=1S/C19H34N2/c1-5-6-7-8-9-13-19(3,16-20)21(4)15-18-12-10-11-17(2)14-18/h10-12,14H,5-9,13,15-16,20H2,1-4H3. The Morgan fingerprint density at radius 3 is 2.48 bits per heavy atom. The molecule has 0 aliphatic rings. The molecule has 1 aromatic rings. The molecule has 0 radical (unpaired) electrons. The normalized spacial score (nSPS) is 14.4. The summed E-state index contributed by atoms with van der Waals surface area (Å²) >= 11 is 0. The van der Waals surface area contributed by atoms with Crippen molar-refractivity contribution in [3.63, 3.8) is 0 Å². The van der Waals surface area contributed by atoms with Gasteiger partial charge in [0.15, 0.2) is 0 Å². The molecular weight excluding hydrogens is 256 g/mol. The van der Waals surface area contributed by atoms with Gasteiger partial charge in [0.1, 0.15) is 0 Å². The highest BCUT2D eigenvalue weighted by Crippen LogP contribution is 2.23. The molecule has 1 aromatic carbocycles. The topological polar surface area (TPSA) is 29.3 Å². The molecule has 0 spiro atoms. The number of unbranched alkanes of at least 4 members (excludes halogenated alkanes) is 4. The monoisotopic (exact) mass is 290 g/mol. The Morgan fingerprint density at radius 2 is 1.86 bits per heavy atom. The fraction of sp³-hybridized carbons (Fsp3) is 0.684. The number of hydrogen-bond donors (Lipinski definition) is 1. The largest absolute Gasteiger partial charge is 0.329 e. The highest BCUT2D eigenvalue weighted by atomic mass is 15.2. The number of hydrogen-bond acceptors (Lipinski definition) is 2. The van der Waals surface area contributed by atoms with Crippen LogP contribution in [-0.4, -0.2) is 24.0 Å². The zero-order valence-electron chi connectivity index (χ0n) is 14.5. The molecule has 0 saturated carbocycles. The molecule has 2 nitrogen and oxygen atoms in total. The van der Waals surface area contributed by atoms with Crippen molar-refractivity contribution in [2.75, 3.05) is 13.6 Å². The molecule has 0 fully saturated rings. The second kappa shape index (κ2) is 9.22. The van der Waals surface area contributed by atoms with Gasteiger partial charge in [-0.1, -0.05) is 68.9 Å². The summed E-state index contributed by atoms with van der Waals surface area (Å²) in [4.78, 5) is 2.43. The summed E-state index contributed by atoms with van der Waals surface area (Å²) in [6.45, 7) is 8.43. The van der Waals surface area contributed by atoms with Crippen LogP contribution in [-0.2, 0) is 6.54 Å². The molecule has 1 unspecified atom stereocenters. The first-order valence-corrected chi connectivity index (χ1v) is 8.48. The first-order chi connectivity index (χ1) is 10.0. The maximum absolute atomic E-state index is 6.09. The zero-order valence-corrected chi connectivity index (χ0v) is 14.5. The first-order valence-electron chi connectivity index (χ1n) is 8.48. The zero-order chi connectivity index (χ0) is 15.7. The van der Waals surface area contributed by atoms with Gasteiger partial charge in [-0.05, 0) is 32.9 Å². The lowest BCUT2D eigenvalue weighted by Gasteiger charge is -2.38. The third-order valence-electron chi connectivity index (χ3n) is 4.68. The van der Waals surface area contributed by atoms with Crippen LogP contribution in [0.3, 0.4) is 0 Å². The highest BCUT2D eigenvalue weighted by Gasteiger charge is 2.27. The fourth-order valence-corrected chi connectivity index (χ4v) is 2.83. The molecule has 1 rings (SSSR count). The lowest BCUT2D eigenvalue weighted by Crippen LogP contribution is -2.49. The minimum Gasteiger partial charge on any atom is -0.329 e. The quantitative estimate of drug-likeness (QED) is 0.643. The molecule has 21 heavy (non-hydrogen) atoms. The molecule has 2 heteroatoms. The minimum atomic E-state index is 0.107. The smallest absolute Gasteiger partial charge is 0.0304 e. The van der Waals surface area contributed by atoms with Crippen LogP contribution in [0.5, 0.6) is 0 Å². The predicted octanol–water partition coefficient (Wildman–Crippen LogP) is 4.50. The van der Waals surface area contributed by atoms with Gasteiger partial charge in [0.2, 0.25) is 0 Å². The summed E-state index contributed by atoms with van der Waals surface area (Å²) in [7, 11) is 2.21. The molecule has 1 atom stereocenters. The second-order valence-corrected chi connectivity index (χ2v) is 6.71. The third kappa shape index (κ3) is 6.19. The Labute approximate surface area is 131 Å². The molecule has 0 saturated heterocycles. The van der Waals surface area contributed by atoms with E-state index in [2.05, 4.69) is 57.0 Å². The van der Waals surface area contributed by atoms with E-state index >= 15 is 0 Å². The molecule has 2 N–H and O–H groups in total. The molecular formula is C19H34N2. The van der Waals surface area contributed by atoms with Gasteiger partial charge in [0.25, 0.3) is 0 Å². The summed E-state index contributed by atoms with van der Waals surface area (Å²) in [6, 6.07) is 8.78. The summed E-state index contributed by atoms with van der Waals surface area (Å²) in [6.07, 6.45) is 7.84. The van der Waals surface area contributed by atoms with Gasteiger partial charge in [0.05, 0.1) is 0 Å². The van der Waals surface area contributed by atoms with Crippen LogP contribution in [0.2, 0.25) is 0 Å². The molecule has 120 valence electrons. The van der Waals surface area contributed by atoms with Crippen molar-refractivity contribution in [2.24, 2.45) is 5.73 Å². The maximum atomic E-state index is 6.09. The van der Waals surface area contributed by atoms with Crippen LogP contribution in [0.1, 0.15) is 63.5 Å². The number of aryl methyl sites for hydroxylation is 1.